The van der Waals surface area contributed by atoms with Crippen molar-refractivity contribution in [3.05, 3.63) is 74.9 Å². The molecule has 0 fully saturated rings. The number of aromatic nitrogens is 2. The predicted molar refractivity (Wildman–Crippen MR) is 133 cm³/mol. The Balaban J connectivity index is 1.61. The van der Waals surface area contributed by atoms with Gasteiger partial charge in [0.05, 0.1) is 23.5 Å². The normalized spacial score (nSPS) is 14.2. The smallest absolute Gasteiger partial charge is 0.257 e. The Bertz CT molecular complexity index is 1260. The van der Waals surface area contributed by atoms with Crippen LogP contribution in [0.3, 0.4) is 0 Å². The molecule has 1 aliphatic rings. The third-order valence-corrected chi connectivity index (χ3v) is 7.05. The number of nitrogens with zero attached hydrogens (tertiary/aromatic N) is 3. The van der Waals surface area contributed by atoms with Gasteiger partial charge in [0.2, 0.25) is 5.91 Å². The lowest BCUT2D eigenvalue weighted by atomic mass is 9.92. The van der Waals surface area contributed by atoms with Gasteiger partial charge in [0.15, 0.2) is 0 Å². The van der Waals surface area contributed by atoms with Gasteiger partial charge in [-0.25, -0.2) is 9.07 Å². The van der Waals surface area contributed by atoms with Crippen molar-refractivity contribution < 1.29 is 14.0 Å². The number of carbonyl (C=O) groups excluding carboxylic acids is 2. The third-order valence-electron chi connectivity index (χ3n) is 6.04. The lowest BCUT2D eigenvalue weighted by molar-refractivity contribution is -0.127. The molecule has 2 aromatic heterocycles. The zero-order chi connectivity index (χ0) is 24.6. The van der Waals surface area contributed by atoms with E-state index in [1.807, 2.05) is 57.0 Å². The van der Waals surface area contributed by atoms with Crippen molar-refractivity contribution in [2.75, 3.05) is 11.9 Å². The predicted octanol–water partition coefficient (Wildman–Crippen LogP) is 5.47. The van der Waals surface area contributed by atoms with Crippen molar-refractivity contribution in [1.29, 1.82) is 0 Å². The minimum Gasteiger partial charge on any atom is -0.333 e. The van der Waals surface area contributed by atoms with Gasteiger partial charge < -0.3 is 10.2 Å². The Labute approximate surface area is 203 Å². The fourth-order valence-electron chi connectivity index (χ4n) is 3.86. The molecule has 1 aromatic carbocycles. The molecule has 8 heteroatoms. The first-order valence-corrected chi connectivity index (χ1v) is 12.2. The lowest BCUT2D eigenvalue weighted by Gasteiger charge is -2.27. The van der Waals surface area contributed by atoms with Crippen LogP contribution in [-0.2, 0) is 23.2 Å². The summed E-state index contributed by atoms with van der Waals surface area (Å²) in [6.45, 7) is 10.9. The van der Waals surface area contributed by atoms with Gasteiger partial charge in [-0.2, -0.15) is 5.10 Å². The van der Waals surface area contributed by atoms with Crippen molar-refractivity contribution in [1.82, 2.24) is 14.7 Å². The van der Waals surface area contributed by atoms with Crippen LogP contribution >= 0.6 is 11.3 Å². The van der Waals surface area contributed by atoms with E-state index in [1.165, 1.54) is 23.5 Å². The van der Waals surface area contributed by atoms with E-state index in [2.05, 4.69) is 10.4 Å². The van der Waals surface area contributed by atoms with Crippen LogP contribution in [0.4, 0.5) is 10.2 Å². The van der Waals surface area contributed by atoms with Crippen LogP contribution in [0.2, 0.25) is 0 Å². The van der Waals surface area contributed by atoms with E-state index in [1.54, 1.807) is 16.8 Å². The summed E-state index contributed by atoms with van der Waals surface area (Å²) >= 11 is 1.50. The number of benzene rings is 1. The maximum absolute atomic E-state index is 13.5. The van der Waals surface area contributed by atoms with E-state index in [-0.39, 0.29) is 23.0 Å². The summed E-state index contributed by atoms with van der Waals surface area (Å²) in [5.41, 5.74) is 3.59. The quantitative estimate of drug-likeness (QED) is 0.503. The summed E-state index contributed by atoms with van der Waals surface area (Å²) in [6.07, 6.45) is 2.45. The molecule has 0 unspecified atom stereocenters. The number of nitrogens with one attached hydrogen (secondary N) is 1. The van der Waals surface area contributed by atoms with E-state index in [4.69, 9.17) is 0 Å². The van der Waals surface area contributed by atoms with E-state index in [9.17, 15) is 14.0 Å². The number of thiophene rings is 1. The fraction of sp³-hybridized carbons (Fsp3) is 0.346. The maximum atomic E-state index is 13.5. The van der Waals surface area contributed by atoms with Gasteiger partial charge in [-0.1, -0.05) is 26.8 Å². The second-order valence-corrected chi connectivity index (χ2v) is 10.5. The summed E-state index contributed by atoms with van der Waals surface area (Å²) in [6, 6.07) is 7.87. The summed E-state index contributed by atoms with van der Waals surface area (Å²) in [4.78, 5) is 28.7. The van der Waals surface area contributed by atoms with Crippen LogP contribution in [0.1, 0.15) is 61.1 Å². The van der Waals surface area contributed by atoms with Crippen LogP contribution in [0.25, 0.3) is 5.69 Å². The van der Waals surface area contributed by atoms with Gasteiger partial charge in [-0.3, -0.25) is 9.59 Å². The molecule has 0 saturated heterocycles. The first kappa shape index (κ1) is 23.9. The van der Waals surface area contributed by atoms with Gasteiger partial charge >= 0.3 is 0 Å². The molecular formula is C26H29FN4O2S. The molecule has 4 rings (SSSR count). The standard InChI is InChI=1S/C26H29FN4O2S/c1-6-16(2)25(33)30-12-11-19-20(15-34-21(19)14-30)24(32)28-23-13-22(26(3,4)5)29-31(23)18-9-7-17(27)8-10-18/h6-10,13,15H,11-12,14H2,1-5H3,(H,28,32)/b16-6+. The number of carbonyl (C=O) groups is 2. The number of rotatable bonds is 4. The van der Waals surface area contributed by atoms with Gasteiger partial charge in [0.25, 0.3) is 5.91 Å². The summed E-state index contributed by atoms with van der Waals surface area (Å²) < 4.78 is 15.1. The molecule has 1 aliphatic heterocycles. The minimum atomic E-state index is -0.334. The Morgan fingerprint density at radius 2 is 1.91 bits per heavy atom. The number of hydrogen-bond donors (Lipinski definition) is 1. The molecule has 6 nitrogen and oxygen atoms in total. The van der Waals surface area contributed by atoms with Crippen molar-refractivity contribution in [3.8, 4) is 5.69 Å². The van der Waals surface area contributed by atoms with E-state index in [0.717, 1.165) is 21.7 Å². The molecule has 34 heavy (non-hydrogen) atoms. The van der Waals surface area contributed by atoms with Gasteiger partial charge in [0, 0.05) is 33.9 Å². The topological polar surface area (TPSA) is 67.2 Å². The Hall–Kier alpha value is -3.26. The number of anilines is 1. The third kappa shape index (κ3) is 4.68. The average molecular weight is 481 g/mol. The van der Waals surface area contributed by atoms with Gasteiger partial charge in [-0.15, -0.1) is 11.3 Å². The second-order valence-electron chi connectivity index (χ2n) is 9.51. The molecule has 0 aliphatic carbocycles. The van der Waals surface area contributed by atoms with E-state index >= 15 is 0 Å². The lowest BCUT2D eigenvalue weighted by Crippen LogP contribution is -2.36. The molecule has 2 amide bonds. The van der Waals surface area contributed by atoms with Crippen LogP contribution in [0.15, 0.2) is 47.4 Å². The summed E-state index contributed by atoms with van der Waals surface area (Å²) in [5.74, 6) is 0.00785. The van der Waals surface area contributed by atoms with Crippen molar-refractivity contribution in [2.45, 2.75) is 53.0 Å². The molecular weight excluding hydrogens is 451 g/mol. The van der Waals surface area contributed by atoms with Crippen molar-refractivity contribution in [2.24, 2.45) is 0 Å². The molecule has 0 spiro atoms. The molecule has 3 heterocycles. The molecule has 0 bridgehead atoms. The molecule has 0 radical (unpaired) electrons. The van der Waals surface area contributed by atoms with Gasteiger partial charge in [0.1, 0.15) is 11.6 Å². The number of halogens is 1. The largest absolute Gasteiger partial charge is 0.333 e. The maximum Gasteiger partial charge on any atom is 0.257 e. The first-order chi connectivity index (χ1) is 16.1. The van der Waals surface area contributed by atoms with Crippen LogP contribution in [-0.4, -0.2) is 33.0 Å². The van der Waals surface area contributed by atoms with E-state index in [0.29, 0.717) is 36.6 Å². The second kappa shape index (κ2) is 9.18. The number of allylic oxidation sites excluding steroid dienone is 1. The highest BCUT2D eigenvalue weighted by atomic mass is 32.1. The number of hydrogen-bond acceptors (Lipinski definition) is 4. The summed E-state index contributed by atoms with van der Waals surface area (Å²) in [5, 5.41) is 9.57. The average Bonchev–Trinajstić information content (AvgIpc) is 3.42. The van der Waals surface area contributed by atoms with Crippen molar-refractivity contribution in [3.63, 3.8) is 0 Å². The first-order valence-electron chi connectivity index (χ1n) is 11.3. The Kier molecular flexibility index (Phi) is 6.45. The van der Waals surface area contributed by atoms with Crippen LogP contribution in [0, 0.1) is 5.82 Å². The number of fused-ring (bicyclic) bond motifs is 1. The van der Waals surface area contributed by atoms with Gasteiger partial charge in [-0.05, 0) is 50.1 Å². The number of amides is 2. The highest BCUT2D eigenvalue weighted by Crippen LogP contribution is 2.31. The Morgan fingerprint density at radius 3 is 2.56 bits per heavy atom. The molecule has 178 valence electrons. The van der Waals surface area contributed by atoms with Crippen LogP contribution in [0.5, 0.6) is 0 Å². The highest BCUT2D eigenvalue weighted by molar-refractivity contribution is 7.10. The molecule has 0 atom stereocenters. The van der Waals surface area contributed by atoms with Crippen molar-refractivity contribution >= 4 is 29.0 Å². The minimum absolute atomic E-state index is 0.0328. The van der Waals surface area contributed by atoms with E-state index < -0.39 is 0 Å². The molecule has 3 aromatic rings. The monoisotopic (exact) mass is 480 g/mol. The molecule has 1 N–H and O–H groups in total. The zero-order valence-corrected chi connectivity index (χ0v) is 20.9. The summed E-state index contributed by atoms with van der Waals surface area (Å²) in [7, 11) is 0. The SMILES string of the molecule is C/C=C(\C)C(=O)N1CCc2c(C(=O)Nc3cc(C(C)(C)C)nn3-c3ccc(F)cc3)csc2C1. The Morgan fingerprint density at radius 1 is 1.21 bits per heavy atom. The zero-order valence-electron chi connectivity index (χ0n) is 20.1. The highest BCUT2D eigenvalue weighted by Gasteiger charge is 2.28. The fourth-order valence-corrected chi connectivity index (χ4v) is 4.96. The van der Waals surface area contributed by atoms with Crippen LogP contribution < -0.4 is 5.32 Å². The molecule has 0 saturated carbocycles.